The van der Waals surface area contributed by atoms with Crippen molar-refractivity contribution >= 4 is 17.9 Å². The minimum Gasteiger partial charge on any atom is -0.481 e. The third-order valence-electron chi connectivity index (χ3n) is 4.78. The van der Waals surface area contributed by atoms with Gasteiger partial charge in [-0.3, -0.25) is 9.59 Å². The van der Waals surface area contributed by atoms with E-state index in [1.807, 2.05) is 4.90 Å². The van der Waals surface area contributed by atoms with Crippen molar-refractivity contribution < 1.29 is 19.5 Å². The van der Waals surface area contributed by atoms with Crippen molar-refractivity contribution in [1.29, 1.82) is 0 Å². The summed E-state index contributed by atoms with van der Waals surface area (Å²) in [5, 5.41) is 11.6. The molecule has 7 nitrogen and oxygen atoms in total. The number of carbonyl (C=O) groups excluding carboxylic acids is 2. The summed E-state index contributed by atoms with van der Waals surface area (Å²) >= 11 is 0. The Morgan fingerprint density at radius 3 is 2.52 bits per heavy atom. The molecular formula is C16H27N3O4. The molecule has 1 aliphatic heterocycles. The van der Waals surface area contributed by atoms with Crippen molar-refractivity contribution in [3.63, 3.8) is 0 Å². The van der Waals surface area contributed by atoms with Crippen LogP contribution in [0.4, 0.5) is 4.79 Å². The number of carboxylic acids is 1. The highest BCUT2D eigenvalue weighted by atomic mass is 16.4. The standard InChI is InChI=1S/C16H27N3O4/c1-18(10-7-14(20)21)16(23)17-13-6-5-12(11-13)15(22)19-8-3-2-4-9-19/h12-13H,2-11H2,1H3,(H,17,23)(H,20,21)/t12-,13+/m1/s1. The molecule has 1 saturated carbocycles. The fourth-order valence-corrected chi connectivity index (χ4v) is 3.36. The molecule has 2 fully saturated rings. The Kier molecular flexibility index (Phi) is 6.24. The topological polar surface area (TPSA) is 90.0 Å². The number of carbonyl (C=O) groups is 3. The molecule has 2 N–H and O–H groups in total. The highest BCUT2D eigenvalue weighted by Gasteiger charge is 2.34. The molecule has 0 aromatic heterocycles. The molecule has 0 spiro atoms. The SMILES string of the molecule is CN(CCC(=O)O)C(=O)N[C@H]1CC[C@@H](C(=O)N2CCCCC2)C1. The normalized spacial score (nSPS) is 24.3. The summed E-state index contributed by atoms with van der Waals surface area (Å²) < 4.78 is 0. The van der Waals surface area contributed by atoms with E-state index in [1.54, 1.807) is 7.05 Å². The fraction of sp³-hybridized carbons (Fsp3) is 0.812. The molecule has 0 bridgehead atoms. The molecule has 7 heteroatoms. The number of nitrogens with one attached hydrogen (secondary N) is 1. The minimum absolute atomic E-state index is 0.00789. The molecule has 3 amide bonds. The monoisotopic (exact) mass is 325 g/mol. The second-order valence-corrected chi connectivity index (χ2v) is 6.61. The first kappa shape index (κ1) is 17.6. The number of aliphatic carboxylic acids is 1. The quantitative estimate of drug-likeness (QED) is 0.797. The maximum atomic E-state index is 12.5. The van der Waals surface area contributed by atoms with Gasteiger partial charge in [0.15, 0.2) is 0 Å². The number of rotatable bonds is 5. The number of piperidine rings is 1. The molecule has 0 aromatic carbocycles. The van der Waals surface area contributed by atoms with Crippen molar-refractivity contribution in [2.75, 3.05) is 26.7 Å². The zero-order chi connectivity index (χ0) is 16.8. The van der Waals surface area contributed by atoms with E-state index in [4.69, 9.17) is 5.11 Å². The van der Waals surface area contributed by atoms with E-state index in [2.05, 4.69) is 5.32 Å². The molecule has 1 saturated heterocycles. The predicted octanol–water partition coefficient (Wildman–Crippen LogP) is 1.28. The Morgan fingerprint density at radius 2 is 1.87 bits per heavy atom. The lowest BCUT2D eigenvalue weighted by Crippen LogP contribution is -2.43. The average Bonchev–Trinajstić information content (AvgIpc) is 3.01. The van der Waals surface area contributed by atoms with Crippen molar-refractivity contribution in [2.45, 2.75) is 51.0 Å². The first-order valence-corrected chi connectivity index (χ1v) is 8.49. The van der Waals surface area contributed by atoms with Gasteiger partial charge in [-0.2, -0.15) is 0 Å². The van der Waals surface area contributed by atoms with E-state index >= 15 is 0 Å². The first-order chi connectivity index (χ1) is 11.0. The molecular weight excluding hydrogens is 298 g/mol. The number of amides is 3. The van der Waals surface area contributed by atoms with Crippen LogP contribution in [0.2, 0.25) is 0 Å². The lowest BCUT2D eigenvalue weighted by molar-refractivity contribution is -0.137. The number of hydrogen-bond acceptors (Lipinski definition) is 3. The third kappa shape index (κ3) is 5.11. The third-order valence-corrected chi connectivity index (χ3v) is 4.78. The van der Waals surface area contributed by atoms with Gasteiger partial charge in [-0.15, -0.1) is 0 Å². The maximum Gasteiger partial charge on any atom is 0.317 e. The molecule has 2 rings (SSSR count). The summed E-state index contributed by atoms with van der Waals surface area (Å²) in [7, 11) is 1.59. The van der Waals surface area contributed by atoms with Gasteiger partial charge < -0.3 is 20.2 Å². The Labute approximate surface area is 137 Å². The van der Waals surface area contributed by atoms with Crippen molar-refractivity contribution in [3.05, 3.63) is 0 Å². The van der Waals surface area contributed by atoms with E-state index in [1.165, 1.54) is 11.3 Å². The Bertz CT molecular complexity index is 449. The highest BCUT2D eigenvalue weighted by Crippen LogP contribution is 2.28. The van der Waals surface area contributed by atoms with E-state index in [-0.39, 0.29) is 36.9 Å². The predicted molar refractivity (Wildman–Crippen MR) is 85.0 cm³/mol. The minimum atomic E-state index is -0.919. The second-order valence-electron chi connectivity index (χ2n) is 6.61. The van der Waals surface area contributed by atoms with Crippen LogP contribution in [0.25, 0.3) is 0 Å². The van der Waals surface area contributed by atoms with Gasteiger partial charge in [-0.25, -0.2) is 4.79 Å². The van der Waals surface area contributed by atoms with Crippen LogP contribution in [-0.4, -0.2) is 65.5 Å². The lowest BCUT2D eigenvalue weighted by Gasteiger charge is -2.29. The van der Waals surface area contributed by atoms with Crippen LogP contribution in [0.5, 0.6) is 0 Å². The molecule has 0 radical (unpaired) electrons. The number of nitrogens with zero attached hydrogens (tertiary/aromatic N) is 2. The van der Waals surface area contributed by atoms with Crippen LogP contribution in [0.15, 0.2) is 0 Å². The van der Waals surface area contributed by atoms with Crippen molar-refractivity contribution in [1.82, 2.24) is 15.1 Å². The molecule has 0 unspecified atom stereocenters. The first-order valence-electron chi connectivity index (χ1n) is 8.49. The van der Waals surface area contributed by atoms with Gasteiger partial charge in [0, 0.05) is 38.6 Å². The maximum absolute atomic E-state index is 12.5. The van der Waals surface area contributed by atoms with Crippen LogP contribution in [0, 0.1) is 5.92 Å². The summed E-state index contributed by atoms with van der Waals surface area (Å²) in [6.07, 6.45) is 5.64. The molecule has 1 heterocycles. The van der Waals surface area contributed by atoms with Crippen molar-refractivity contribution in [3.8, 4) is 0 Å². The van der Waals surface area contributed by atoms with Gasteiger partial charge in [0.1, 0.15) is 0 Å². The summed E-state index contributed by atoms with van der Waals surface area (Å²) in [4.78, 5) is 38.4. The summed E-state index contributed by atoms with van der Waals surface area (Å²) in [5.74, 6) is -0.666. The number of hydrogen-bond donors (Lipinski definition) is 2. The molecule has 1 aliphatic carbocycles. The highest BCUT2D eigenvalue weighted by molar-refractivity contribution is 5.80. The van der Waals surface area contributed by atoms with Gasteiger partial charge in [0.25, 0.3) is 0 Å². The van der Waals surface area contributed by atoms with E-state index in [9.17, 15) is 14.4 Å². The number of carboxylic acid groups (broad SMARTS) is 1. The zero-order valence-corrected chi connectivity index (χ0v) is 13.8. The molecule has 23 heavy (non-hydrogen) atoms. The molecule has 0 aromatic rings. The molecule has 2 aliphatic rings. The Balaban J connectivity index is 1.75. The fourth-order valence-electron chi connectivity index (χ4n) is 3.36. The summed E-state index contributed by atoms with van der Waals surface area (Å²) in [6.45, 7) is 1.92. The van der Waals surface area contributed by atoms with Gasteiger partial charge in [-0.05, 0) is 38.5 Å². The van der Waals surface area contributed by atoms with Gasteiger partial charge in [0.2, 0.25) is 5.91 Å². The van der Waals surface area contributed by atoms with Crippen LogP contribution < -0.4 is 5.32 Å². The average molecular weight is 325 g/mol. The largest absolute Gasteiger partial charge is 0.481 e. The zero-order valence-electron chi connectivity index (χ0n) is 13.8. The van der Waals surface area contributed by atoms with Crippen LogP contribution >= 0.6 is 0 Å². The lowest BCUT2D eigenvalue weighted by atomic mass is 10.0. The second kappa shape index (κ2) is 8.17. The number of urea groups is 1. The van der Waals surface area contributed by atoms with E-state index in [0.29, 0.717) is 6.42 Å². The molecule has 130 valence electrons. The van der Waals surface area contributed by atoms with Crippen molar-refractivity contribution in [2.24, 2.45) is 5.92 Å². The molecule has 2 atom stereocenters. The van der Waals surface area contributed by atoms with Gasteiger partial charge >= 0.3 is 12.0 Å². The van der Waals surface area contributed by atoms with Crippen LogP contribution in [0.3, 0.4) is 0 Å². The summed E-state index contributed by atoms with van der Waals surface area (Å²) in [5.41, 5.74) is 0. The van der Waals surface area contributed by atoms with E-state index in [0.717, 1.165) is 38.8 Å². The smallest absolute Gasteiger partial charge is 0.317 e. The number of likely N-dealkylation sites (tertiary alicyclic amines) is 1. The van der Waals surface area contributed by atoms with E-state index < -0.39 is 5.97 Å². The summed E-state index contributed by atoms with van der Waals surface area (Å²) in [6, 6.07) is -0.254. The van der Waals surface area contributed by atoms with Gasteiger partial charge in [0.05, 0.1) is 6.42 Å². The Hall–Kier alpha value is -1.79. The van der Waals surface area contributed by atoms with Gasteiger partial charge in [-0.1, -0.05) is 0 Å². The Morgan fingerprint density at radius 1 is 1.17 bits per heavy atom. The van der Waals surface area contributed by atoms with Crippen LogP contribution in [-0.2, 0) is 9.59 Å². The van der Waals surface area contributed by atoms with Crippen LogP contribution in [0.1, 0.15) is 44.9 Å².